The zero-order valence-corrected chi connectivity index (χ0v) is 11.6. The molecule has 1 saturated heterocycles. The van der Waals surface area contributed by atoms with E-state index in [4.69, 9.17) is 0 Å². The highest BCUT2D eigenvalue weighted by atomic mass is 16.3. The van der Waals surface area contributed by atoms with Crippen molar-refractivity contribution >= 4 is 0 Å². The summed E-state index contributed by atoms with van der Waals surface area (Å²) in [6.45, 7) is 9.79. The Hall–Kier alpha value is -0.900. The smallest absolute Gasteiger partial charge is 0.0791 e. The average Bonchev–Trinajstić information content (AvgIpc) is 2.42. The summed E-state index contributed by atoms with van der Waals surface area (Å²) < 4.78 is 0. The molecule has 1 atom stereocenters. The van der Waals surface area contributed by atoms with E-state index in [1.54, 1.807) is 0 Å². The molecule has 2 N–H and O–H groups in total. The molecule has 0 radical (unpaired) electrons. The predicted octanol–water partition coefficient (Wildman–Crippen LogP) is 1.54. The van der Waals surface area contributed by atoms with Crippen LogP contribution in [0.3, 0.4) is 0 Å². The zero-order chi connectivity index (χ0) is 13.2. The van der Waals surface area contributed by atoms with Gasteiger partial charge in [-0.1, -0.05) is 29.8 Å². The van der Waals surface area contributed by atoms with E-state index < -0.39 is 0 Å². The zero-order valence-electron chi connectivity index (χ0n) is 11.6. The highest BCUT2D eigenvalue weighted by Gasteiger charge is 2.30. The number of hydrogen-bond donors (Lipinski definition) is 2. The Morgan fingerprint density at radius 2 is 2.00 bits per heavy atom. The lowest BCUT2D eigenvalue weighted by Gasteiger charge is -2.37. The number of benzene rings is 1. The first-order valence-corrected chi connectivity index (χ1v) is 6.67. The highest BCUT2D eigenvalue weighted by Crippen LogP contribution is 2.20. The van der Waals surface area contributed by atoms with Gasteiger partial charge < -0.3 is 10.4 Å². The Bertz CT molecular complexity index is 386. The van der Waals surface area contributed by atoms with Crippen molar-refractivity contribution in [1.29, 1.82) is 0 Å². The van der Waals surface area contributed by atoms with Gasteiger partial charge in [-0.15, -0.1) is 0 Å². The summed E-state index contributed by atoms with van der Waals surface area (Å²) in [5.41, 5.74) is 2.67. The van der Waals surface area contributed by atoms with Gasteiger partial charge in [0.2, 0.25) is 0 Å². The van der Waals surface area contributed by atoms with Crippen LogP contribution in [0.5, 0.6) is 0 Å². The molecule has 18 heavy (non-hydrogen) atoms. The van der Waals surface area contributed by atoms with E-state index in [2.05, 4.69) is 55.3 Å². The van der Waals surface area contributed by atoms with Crippen LogP contribution in [0.4, 0.5) is 0 Å². The molecule has 1 heterocycles. The van der Waals surface area contributed by atoms with Crippen LogP contribution >= 0.6 is 0 Å². The molecule has 1 aromatic carbocycles. The van der Waals surface area contributed by atoms with Gasteiger partial charge in [-0.2, -0.15) is 0 Å². The fraction of sp³-hybridized carbons (Fsp3) is 0.600. The highest BCUT2D eigenvalue weighted by molar-refractivity contribution is 5.21. The van der Waals surface area contributed by atoms with Crippen LogP contribution in [0.15, 0.2) is 24.3 Å². The fourth-order valence-corrected chi connectivity index (χ4v) is 2.41. The maximum absolute atomic E-state index is 9.91. The van der Waals surface area contributed by atoms with Crippen molar-refractivity contribution in [1.82, 2.24) is 10.2 Å². The SMILES string of the molecule is Cc1ccc(CN2CC(O)CNCC2(C)C)cc1. The van der Waals surface area contributed by atoms with Crippen LogP contribution < -0.4 is 5.32 Å². The number of hydrogen-bond acceptors (Lipinski definition) is 3. The lowest BCUT2D eigenvalue weighted by atomic mass is 10.0. The first-order valence-electron chi connectivity index (χ1n) is 6.67. The number of aliphatic hydroxyl groups excluding tert-OH is 1. The molecule has 2 rings (SSSR count). The van der Waals surface area contributed by atoms with Crippen LogP contribution in [0.25, 0.3) is 0 Å². The van der Waals surface area contributed by atoms with Gasteiger partial charge in [0.25, 0.3) is 0 Å². The minimum Gasteiger partial charge on any atom is -0.390 e. The first kappa shape index (κ1) is 13.5. The summed E-state index contributed by atoms with van der Waals surface area (Å²) in [7, 11) is 0. The van der Waals surface area contributed by atoms with Crippen molar-refractivity contribution in [3.05, 3.63) is 35.4 Å². The van der Waals surface area contributed by atoms with Gasteiger partial charge in [-0.05, 0) is 26.3 Å². The molecule has 0 bridgehead atoms. The summed E-state index contributed by atoms with van der Waals surface area (Å²) in [5, 5.41) is 13.2. The van der Waals surface area contributed by atoms with Crippen LogP contribution in [-0.4, -0.2) is 41.3 Å². The van der Waals surface area contributed by atoms with Gasteiger partial charge in [0.15, 0.2) is 0 Å². The normalized spacial score (nSPS) is 24.8. The average molecular weight is 248 g/mol. The standard InChI is InChI=1S/C15H24N2O/c1-12-4-6-13(7-5-12)9-17-10-14(18)8-16-11-15(17,2)3/h4-7,14,16,18H,8-11H2,1-3H3. The van der Waals surface area contributed by atoms with Crippen molar-refractivity contribution in [2.45, 2.75) is 39.0 Å². The molecule has 1 aliphatic heterocycles. The molecule has 1 unspecified atom stereocenters. The summed E-state index contributed by atoms with van der Waals surface area (Å²) in [6.07, 6.45) is -0.280. The molecule has 0 saturated carbocycles. The maximum Gasteiger partial charge on any atom is 0.0791 e. The summed E-state index contributed by atoms with van der Waals surface area (Å²) in [6, 6.07) is 8.65. The van der Waals surface area contributed by atoms with E-state index in [0.29, 0.717) is 6.54 Å². The van der Waals surface area contributed by atoms with E-state index in [1.807, 2.05) is 0 Å². The number of nitrogens with zero attached hydrogens (tertiary/aromatic N) is 1. The molecule has 1 aromatic rings. The second kappa shape index (κ2) is 5.39. The lowest BCUT2D eigenvalue weighted by Crippen LogP contribution is -2.48. The van der Waals surface area contributed by atoms with Gasteiger partial charge in [-0.3, -0.25) is 4.90 Å². The Labute approximate surface area is 110 Å². The van der Waals surface area contributed by atoms with Gasteiger partial charge in [0.05, 0.1) is 6.10 Å². The topological polar surface area (TPSA) is 35.5 Å². The maximum atomic E-state index is 9.91. The number of aryl methyl sites for hydroxylation is 1. The number of β-amino-alcohol motifs (C(OH)–C–C–N with tert-alkyl or cyclic N) is 1. The monoisotopic (exact) mass is 248 g/mol. The summed E-state index contributed by atoms with van der Waals surface area (Å²) in [4.78, 5) is 2.36. The molecule has 1 aliphatic rings. The Balaban J connectivity index is 2.11. The quantitative estimate of drug-likeness (QED) is 0.833. The second-order valence-electron chi connectivity index (χ2n) is 5.96. The van der Waals surface area contributed by atoms with E-state index >= 15 is 0 Å². The Morgan fingerprint density at radius 1 is 1.33 bits per heavy atom. The van der Waals surface area contributed by atoms with E-state index in [9.17, 15) is 5.11 Å². The van der Waals surface area contributed by atoms with Gasteiger partial charge in [0, 0.05) is 31.7 Å². The minimum atomic E-state index is -0.280. The van der Waals surface area contributed by atoms with Gasteiger partial charge in [-0.25, -0.2) is 0 Å². The number of nitrogens with one attached hydrogen (secondary N) is 1. The van der Waals surface area contributed by atoms with Crippen molar-refractivity contribution in [2.24, 2.45) is 0 Å². The number of rotatable bonds is 2. The molecule has 0 aromatic heterocycles. The van der Waals surface area contributed by atoms with Crippen molar-refractivity contribution in [2.75, 3.05) is 19.6 Å². The molecular weight excluding hydrogens is 224 g/mol. The molecular formula is C15H24N2O. The minimum absolute atomic E-state index is 0.0718. The Kier molecular flexibility index (Phi) is 4.05. The van der Waals surface area contributed by atoms with Crippen LogP contribution in [0.1, 0.15) is 25.0 Å². The molecule has 3 heteroatoms. The Morgan fingerprint density at radius 3 is 2.67 bits per heavy atom. The summed E-state index contributed by atoms with van der Waals surface area (Å²) >= 11 is 0. The van der Waals surface area contributed by atoms with Crippen molar-refractivity contribution in [3.8, 4) is 0 Å². The first-order chi connectivity index (χ1) is 8.47. The third kappa shape index (κ3) is 3.31. The molecule has 1 fully saturated rings. The van der Waals surface area contributed by atoms with Crippen molar-refractivity contribution in [3.63, 3.8) is 0 Å². The van der Waals surface area contributed by atoms with E-state index in [0.717, 1.165) is 19.6 Å². The fourth-order valence-electron chi connectivity index (χ4n) is 2.41. The summed E-state index contributed by atoms with van der Waals surface area (Å²) in [5.74, 6) is 0. The van der Waals surface area contributed by atoms with Gasteiger partial charge in [0.1, 0.15) is 0 Å². The van der Waals surface area contributed by atoms with Crippen LogP contribution in [0.2, 0.25) is 0 Å². The third-order valence-corrected chi connectivity index (χ3v) is 3.72. The van der Waals surface area contributed by atoms with E-state index in [-0.39, 0.29) is 11.6 Å². The molecule has 0 spiro atoms. The lowest BCUT2D eigenvalue weighted by molar-refractivity contribution is 0.0706. The third-order valence-electron chi connectivity index (χ3n) is 3.72. The molecule has 0 aliphatic carbocycles. The van der Waals surface area contributed by atoms with Gasteiger partial charge >= 0.3 is 0 Å². The molecule has 100 valence electrons. The molecule has 3 nitrogen and oxygen atoms in total. The largest absolute Gasteiger partial charge is 0.390 e. The predicted molar refractivity (Wildman–Crippen MR) is 74.5 cm³/mol. The second-order valence-corrected chi connectivity index (χ2v) is 5.96. The molecule has 0 amide bonds. The number of aliphatic hydroxyl groups is 1. The van der Waals surface area contributed by atoms with Crippen LogP contribution in [-0.2, 0) is 6.54 Å². The van der Waals surface area contributed by atoms with Crippen molar-refractivity contribution < 1.29 is 5.11 Å². The van der Waals surface area contributed by atoms with E-state index in [1.165, 1.54) is 11.1 Å². The van der Waals surface area contributed by atoms with Crippen LogP contribution in [0, 0.1) is 6.92 Å².